The van der Waals surface area contributed by atoms with E-state index in [1.54, 1.807) is 7.11 Å². The number of ether oxygens (including phenoxy) is 3. The van der Waals surface area contributed by atoms with Gasteiger partial charge in [-0.25, -0.2) is 0 Å². The van der Waals surface area contributed by atoms with Crippen molar-refractivity contribution in [1.82, 2.24) is 0 Å². The second-order valence-electron chi connectivity index (χ2n) is 7.99. The fourth-order valence-electron chi connectivity index (χ4n) is 3.82. The Bertz CT molecular complexity index is 1100. The summed E-state index contributed by atoms with van der Waals surface area (Å²) in [4.78, 5) is 2.26. The van der Waals surface area contributed by atoms with Crippen molar-refractivity contribution in [2.45, 2.75) is 20.1 Å². The van der Waals surface area contributed by atoms with Gasteiger partial charge < -0.3 is 24.4 Å². The Kier molecular flexibility index (Phi) is 8.02. The number of hydrogen-bond acceptors (Lipinski definition) is 5. The van der Waals surface area contributed by atoms with E-state index in [4.69, 9.17) is 25.8 Å². The summed E-state index contributed by atoms with van der Waals surface area (Å²) in [5.74, 6) is 1.40. The third-order valence-corrected chi connectivity index (χ3v) is 6.63. The lowest BCUT2D eigenvalue weighted by Crippen LogP contribution is -2.36. The van der Waals surface area contributed by atoms with Crippen LogP contribution in [0.2, 0.25) is 5.02 Å². The summed E-state index contributed by atoms with van der Waals surface area (Å²) in [7, 11) is 1.66. The smallest absolute Gasteiger partial charge is 0.162 e. The molecule has 3 aromatic carbocycles. The minimum absolute atomic E-state index is 0.482. The number of benzene rings is 3. The maximum absolute atomic E-state index is 6.57. The zero-order valence-electron chi connectivity index (χ0n) is 18.9. The van der Waals surface area contributed by atoms with Crippen LogP contribution >= 0.6 is 27.5 Å². The van der Waals surface area contributed by atoms with Crippen LogP contribution in [-0.4, -0.2) is 33.4 Å². The lowest BCUT2D eigenvalue weighted by molar-refractivity contribution is 0.122. The molecular weight excluding hydrogens is 504 g/mol. The number of anilines is 2. The van der Waals surface area contributed by atoms with Crippen LogP contribution in [0, 0.1) is 6.92 Å². The Hall–Kier alpha value is -2.41. The number of methoxy groups -OCH3 is 1. The van der Waals surface area contributed by atoms with Crippen molar-refractivity contribution in [2.24, 2.45) is 0 Å². The molecule has 1 heterocycles. The van der Waals surface area contributed by atoms with Gasteiger partial charge in [0, 0.05) is 29.8 Å². The van der Waals surface area contributed by atoms with Crippen LogP contribution in [0.4, 0.5) is 11.4 Å². The monoisotopic (exact) mass is 530 g/mol. The molecule has 0 bridgehead atoms. The summed E-state index contributed by atoms with van der Waals surface area (Å²) in [5, 5.41) is 4.19. The maximum atomic E-state index is 6.57. The molecule has 0 saturated carbocycles. The van der Waals surface area contributed by atoms with E-state index >= 15 is 0 Å². The average Bonchev–Trinajstić information content (AvgIpc) is 2.82. The lowest BCUT2D eigenvalue weighted by Gasteiger charge is -2.29. The molecule has 1 N–H and O–H groups in total. The minimum Gasteiger partial charge on any atom is -0.493 e. The van der Waals surface area contributed by atoms with Crippen LogP contribution in [0.25, 0.3) is 0 Å². The Balaban J connectivity index is 1.42. The lowest BCUT2D eigenvalue weighted by atomic mass is 10.1. The normalized spacial score (nSPS) is 13.6. The van der Waals surface area contributed by atoms with E-state index in [0.717, 1.165) is 58.3 Å². The van der Waals surface area contributed by atoms with Gasteiger partial charge in [0.05, 0.1) is 31.0 Å². The Morgan fingerprint density at radius 3 is 2.61 bits per heavy atom. The maximum Gasteiger partial charge on any atom is 0.162 e. The predicted molar refractivity (Wildman–Crippen MR) is 138 cm³/mol. The molecule has 1 saturated heterocycles. The minimum atomic E-state index is 0.482. The Morgan fingerprint density at radius 2 is 1.88 bits per heavy atom. The van der Waals surface area contributed by atoms with Crippen molar-refractivity contribution in [1.29, 1.82) is 0 Å². The molecule has 1 aliphatic rings. The molecule has 3 aromatic rings. The van der Waals surface area contributed by atoms with E-state index in [1.807, 2.05) is 24.3 Å². The number of nitrogens with zero attached hydrogens (tertiary/aromatic N) is 1. The quantitative estimate of drug-likeness (QED) is 0.362. The van der Waals surface area contributed by atoms with Crippen molar-refractivity contribution >= 4 is 38.9 Å². The molecule has 0 amide bonds. The molecule has 1 aliphatic heterocycles. The van der Waals surface area contributed by atoms with E-state index in [2.05, 4.69) is 63.4 Å². The van der Waals surface area contributed by atoms with Crippen LogP contribution < -0.4 is 19.7 Å². The Labute approximate surface area is 208 Å². The largest absolute Gasteiger partial charge is 0.493 e. The van der Waals surface area contributed by atoms with Gasteiger partial charge in [0.2, 0.25) is 0 Å². The molecule has 1 fully saturated rings. The fourth-order valence-corrected chi connectivity index (χ4v) is 4.59. The first kappa shape index (κ1) is 23.7. The van der Waals surface area contributed by atoms with Gasteiger partial charge in [-0.3, -0.25) is 0 Å². The zero-order valence-corrected chi connectivity index (χ0v) is 21.2. The van der Waals surface area contributed by atoms with Crippen LogP contribution in [0.3, 0.4) is 0 Å². The molecule has 0 radical (unpaired) electrons. The highest BCUT2D eigenvalue weighted by atomic mass is 79.9. The molecule has 4 rings (SSSR count). The van der Waals surface area contributed by atoms with Crippen LogP contribution in [0.5, 0.6) is 11.5 Å². The standard InChI is InChI=1S/C26H28BrClN2O3/c1-18-4-3-5-19(12-18)17-33-26-15-22(27)20(13-25(26)31-2)16-29-21-6-7-24(23(28)14-21)30-8-10-32-11-9-30/h3-7,12-15,29H,8-11,16-17H2,1-2H3. The van der Waals surface area contributed by atoms with Crippen molar-refractivity contribution < 1.29 is 14.2 Å². The van der Waals surface area contributed by atoms with Crippen LogP contribution in [0.15, 0.2) is 59.1 Å². The van der Waals surface area contributed by atoms with Crippen LogP contribution in [0.1, 0.15) is 16.7 Å². The number of hydrogen-bond donors (Lipinski definition) is 1. The van der Waals surface area contributed by atoms with Gasteiger partial charge in [-0.15, -0.1) is 0 Å². The molecule has 7 heteroatoms. The van der Waals surface area contributed by atoms with Gasteiger partial charge in [-0.05, 0) is 48.4 Å². The number of morpholine rings is 1. The number of rotatable bonds is 8. The van der Waals surface area contributed by atoms with Crippen molar-refractivity contribution in [3.8, 4) is 11.5 Å². The third-order valence-electron chi connectivity index (χ3n) is 5.59. The molecule has 5 nitrogen and oxygen atoms in total. The first-order valence-electron chi connectivity index (χ1n) is 10.9. The molecule has 33 heavy (non-hydrogen) atoms. The zero-order chi connectivity index (χ0) is 23.2. The summed E-state index contributed by atoms with van der Waals surface area (Å²) in [6, 6.07) is 18.3. The van der Waals surface area contributed by atoms with E-state index in [0.29, 0.717) is 24.7 Å². The third kappa shape index (κ3) is 6.14. The summed E-state index contributed by atoms with van der Waals surface area (Å²) >= 11 is 10.3. The predicted octanol–water partition coefficient (Wildman–Crippen LogP) is 6.45. The first-order chi connectivity index (χ1) is 16.0. The van der Waals surface area contributed by atoms with E-state index < -0.39 is 0 Å². The highest BCUT2D eigenvalue weighted by molar-refractivity contribution is 9.10. The van der Waals surface area contributed by atoms with Crippen molar-refractivity contribution in [2.75, 3.05) is 43.6 Å². The Morgan fingerprint density at radius 1 is 1.06 bits per heavy atom. The van der Waals surface area contributed by atoms with Gasteiger partial charge in [-0.2, -0.15) is 0 Å². The molecule has 0 aliphatic carbocycles. The second-order valence-corrected chi connectivity index (χ2v) is 9.25. The second kappa shape index (κ2) is 11.1. The van der Waals surface area contributed by atoms with E-state index in [1.165, 1.54) is 5.56 Å². The highest BCUT2D eigenvalue weighted by Crippen LogP contribution is 2.35. The molecule has 0 unspecified atom stereocenters. The molecular formula is C26H28BrClN2O3. The van der Waals surface area contributed by atoms with Gasteiger partial charge >= 0.3 is 0 Å². The summed E-state index contributed by atoms with van der Waals surface area (Å²) in [5.41, 5.74) is 5.40. The van der Waals surface area contributed by atoms with Gasteiger partial charge in [-0.1, -0.05) is 57.4 Å². The van der Waals surface area contributed by atoms with Crippen molar-refractivity contribution in [3.05, 3.63) is 80.8 Å². The van der Waals surface area contributed by atoms with Gasteiger partial charge in [0.15, 0.2) is 11.5 Å². The molecule has 174 valence electrons. The molecule has 0 atom stereocenters. The fraction of sp³-hybridized carbons (Fsp3) is 0.308. The topological polar surface area (TPSA) is 43.0 Å². The molecule has 0 aromatic heterocycles. The first-order valence-corrected chi connectivity index (χ1v) is 12.1. The average molecular weight is 532 g/mol. The summed E-state index contributed by atoms with van der Waals surface area (Å²) in [6.45, 7) is 6.35. The SMILES string of the molecule is COc1cc(CNc2ccc(N3CCOCC3)c(Cl)c2)c(Br)cc1OCc1cccc(C)c1. The van der Waals surface area contributed by atoms with E-state index in [-0.39, 0.29) is 0 Å². The number of halogens is 2. The van der Waals surface area contributed by atoms with Crippen LogP contribution in [-0.2, 0) is 17.9 Å². The van der Waals surface area contributed by atoms with Gasteiger partial charge in [0.25, 0.3) is 0 Å². The van der Waals surface area contributed by atoms with Crippen molar-refractivity contribution in [3.63, 3.8) is 0 Å². The van der Waals surface area contributed by atoms with Gasteiger partial charge in [0.1, 0.15) is 6.61 Å². The highest BCUT2D eigenvalue weighted by Gasteiger charge is 2.15. The summed E-state index contributed by atoms with van der Waals surface area (Å²) < 4.78 is 18.0. The molecule has 0 spiro atoms. The van der Waals surface area contributed by atoms with E-state index in [9.17, 15) is 0 Å². The number of nitrogens with one attached hydrogen (secondary N) is 1. The summed E-state index contributed by atoms with van der Waals surface area (Å²) in [6.07, 6.45) is 0. The number of aryl methyl sites for hydroxylation is 1.